The number of halogens is 1. The van der Waals surface area contributed by atoms with E-state index in [-0.39, 0.29) is 5.91 Å². The van der Waals surface area contributed by atoms with E-state index in [1.807, 2.05) is 37.3 Å². The molecule has 0 saturated carbocycles. The summed E-state index contributed by atoms with van der Waals surface area (Å²) in [6.45, 7) is 3.68. The fourth-order valence-corrected chi connectivity index (χ4v) is 4.37. The topological polar surface area (TPSA) is 82.4 Å². The maximum Gasteiger partial charge on any atom is 0.282 e. The highest BCUT2D eigenvalue weighted by Gasteiger charge is 2.36. The Morgan fingerprint density at radius 2 is 1.62 bits per heavy atom. The van der Waals surface area contributed by atoms with Gasteiger partial charge in [-0.2, -0.15) is 20.2 Å². The van der Waals surface area contributed by atoms with Crippen LogP contribution in [0.2, 0.25) is 0 Å². The molecule has 0 saturated heterocycles. The molecule has 3 aromatic rings. The van der Waals surface area contributed by atoms with Crippen LogP contribution in [0.15, 0.2) is 69.3 Å². The van der Waals surface area contributed by atoms with Crippen LogP contribution in [0.5, 0.6) is 0 Å². The number of nitrogens with zero attached hydrogens (tertiary/aromatic N) is 4. The summed E-state index contributed by atoms with van der Waals surface area (Å²) in [5.74, 6) is -2.12. The standard InChI is InChI=1S/C24H17BrN4O3/c1-13-6-8-15(9-7-13)28-24(32)19(14(2)27-28)12-26-29-22(30)17-5-3-4-16-20(25)11-10-18(21(16)17)23(29)31/h3-12,19H,1-2H3/t19-/m1/s1. The van der Waals surface area contributed by atoms with E-state index in [2.05, 4.69) is 26.1 Å². The van der Waals surface area contributed by atoms with E-state index in [0.29, 0.717) is 27.9 Å². The quantitative estimate of drug-likeness (QED) is 0.401. The zero-order valence-electron chi connectivity index (χ0n) is 17.2. The van der Waals surface area contributed by atoms with Crippen molar-refractivity contribution < 1.29 is 14.4 Å². The summed E-state index contributed by atoms with van der Waals surface area (Å²) in [4.78, 5) is 39.1. The molecule has 3 amide bonds. The maximum atomic E-state index is 13.1. The Morgan fingerprint density at radius 3 is 2.34 bits per heavy atom. The number of rotatable bonds is 3. The number of benzene rings is 3. The lowest BCUT2D eigenvalue weighted by Gasteiger charge is -2.23. The highest BCUT2D eigenvalue weighted by Crippen LogP contribution is 2.34. The number of hydrogen-bond acceptors (Lipinski definition) is 5. The van der Waals surface area contributed by atoms with Gasteiger partial charge < -0.3 is 0 Å². The fraction of sp³-hybridized carbons (Fsp3) is 0.125. The largest absolute Gasteiger partial charge is 0.282 e. The summed E-state index contributed by atoms with van der Waals surface area (Å²) in [5, 5.41) is 12.0. The average Bonchev–Trinajstić information content (AvgIpc) is 3.07. The molecule has 2 aliphatic heterocycles. The van der Waals surface area contributed by atoms with Crippen molar-refractivity contribution in [2.75, 3.05) is 5.01 Å². The van der Waals surface area contributed by atoms with Crippen LogP contribution in [0, 0.1) is 12.8 Å². The molecule has 8 heteroatoms. The van der Waals surface area contributed by atoms with Crippen LogP contribution < -0.4 is 5.01 Å². The Balaban J connectivity index is 1.46. The first-order valence-corrected chi connectivity index (χ1v) is 10.8. The van der Waals surface area contributed by atoms with Crippen LogP contribution >= 0.6 is 15.9 Å². The number of carbonyl (C=O) groups excluding carboxylic acids is 3. The average molecular weight is 489 g/mol. The number of hydrogen-bond donors (Lipinski definition) is 0. The lowest BCUT2D eigenvalue weighted by atomic mass is 9.95. The van der Waals surface area contributed by atoms with Crippen LogP contribution in [-0.4, -0.2) is 34.7 Å². The van der Waals surface area contributed by atoms with Crippen LogP contribution in [0.25, 0.3) is 10.8 Å². The third-order valence-electron chi connectivity index (χ3n) is 5.63. The Kier molecular flexibility index (Phi) is 4.74. The monoisotopic (exact) mass is 488 g/mol. The van der Waals surface area contributed by atoms with Gasteiger partial charge in [-0.1, -0.05) is 45.8 Å². The van der Waals surface area contributed by atoms with E-state index in [1.165, 1.54) is 11.2 Å². The van der Waals surface area contributed by atoms with Gasteiger partial charge in [0.2, 0.25) is 0 Å². The van der Waals surface area contributed by atoms with Crippen molar-refractivity contribution in [2.24, 2.45) is 16.1 Å². The minimum atomic E-state index is -0.765. The third kappa shape index (κ3) is 3.06. The molecule has 0 fully saturated rings. The van der Waals surface area contributed by atoms with E-state index < -0.39 is 17.7 Å². The van der Waals surface area contributed by atoms with E-state index in [0.717, 1.165) is 20.4 Å². The lowest BCUT2D eigenvalue weighted by Crippen LogP contribution is -2.37. The summed E-state index contributed by atoms with van der Waals surface area (Å²) in [6, 6.07) is 16.2. The Morgan fingerprint density at radius 1 is 0.938 bits per heavy atom. The maximum absolute atomic E-state index is 13.1. The minimum Gasteiger partial charge on any atom is -0.271 e. The van der Waals surface area contributed by atoms with E-state index >= 15 is 0 Å². The number of amides is 3. The second-order valence-electron chi connectivity index (χ2n) is 7.71. The molecule has 3 aromatic carbocycles. The zero-order valence-corrected chi connectivity index (χ0v) is 18.8. The Labute approximate surface area is 192 Å². The summed E-state index contributed by atoms with van der Waals surface area (Å²) < 4.78 is 0.801. The van der Waals surface area contributed by atoms with Crippen LogP contribution in [0.4, 0.5) is 5.69 Å². The van der Waals surface area contributed by atoms with Gasteiger partial charge in [0.05, 0.1) is 22.5 Å². The van der Waals surface area contributed by atoms with Crippen LogP contribution in [0.3, 0.4) is 0 Å². The third-order valence-corrected chi connectivity index (χ3v) is 6.32. The minimum absolute atomic E-state index is 0.293. The molecule has 5 rings (SSSR count). The first-order valence-electron chi connectivity index (χ1n) is 9.96. The molecular formula is C24H17BrN4O3. The second kappa shape index (κ2) is 7.49. The Hall–Kier alpha value is -3.65. The van der Waals surface area contributed by atoms with Crippen LogP contribution in [0.1, 0.15) is 33.2 Å². The van der Waals surface area contributed by atoms with Crippen molar-refractivity contribution in [1.29, 1.82) is 0 Å². The van der Waals surface area contributed by atoms with Gasteiger partial charge in [0, 0.05) is 16.1 Å². The number of imide groups is 1. The molecule has 0 unspecified atom stereocenters. The number of anilines is 1. The normalized spacial score (nSPS) is 18.3. The highest BCUT2D eigenvalue weighted by molar-refractivity contribution is 9.10. The second-order valence-corrected chi connectivity index (χ2v) is 8.57. The van der Waals surface area contributed by atoms with Crippen molar-refractivity contribution in [3.05, 3.63) is 75.8 Å². The summed E-state index contributed by atoms with van der Waals surface area (Å²) >= 11 is 3.47. The van der Waals surface area contributed by atoms with Crippen molar-refractivity contribution in [1.82, 2.24) is 5.01 Å². The van der Waals surface area contributed by atoms with Gasteiger partial charge in [0.25, 0.3) is 17.7 Å². The summed E-state index contributed by atoms with van der Waals surface area (Å²) in [6.07, 6.45) is 1.31. The van der Waals surface area contributed by atoms with Crippen molar-refractivity contribution >= 4 is 62.0 Å². The molecule has 2 heterocycles. The van der Waals surface area contributed by atoms with E-state index in [1.54, 1.807) is 31.2 Å². The summed E-state index contributed by atoms with van der Waals surface area (Å²) in [5.41, 5.74) is 3.03. The first-order chi connectivity index (χ1) is 15.4. The van der Waals surface area contributed by atoms with E-state index in [4.69, 9.17) is 0 Å². The first kappa shape index (κ1) is 20.3. The van der Waals surface area contributed by atoms with Crippen LogP contribution in [-0.2, 0) is 4.79 Å². The predicted molar refractivity (Wildman–Crippen MR) is 126 cm³/mol. The molecule has 7 nitrogen and oxygen atoms in total. The number of aryl methyl sites for hydroxylation is 1. The molecule has 2 aliphatic rings. The molecule has 158 valence electrons. The molecule has 32 heavy (non-hydrogen) atoms. The predicted octanol–water partition coefficient (Wildman–Crippen LogP) is 4.53. The van der Waals surface area contributed by atoms with E-state index in [9.17, 15) is 14.4 Å². The fourth-order valence-electron chi connectivity index (χ4n) is 3.91. The molecular weight excluding hydrogens is 472 g/mol. The SMILES string of the molecule is CC1=NN(c2ccc(C)cc2)C(=O)[C@@H]1C=NN1C(=O)c2cccc3c(Br)ccc(c23)C1=O. The summed E-state index contributed by atoms with van der Waals surface area (Å²) in [7, 11) is 0. The number of carbonyl (C=O) groups is 3. The van der Waals surface area contributed by atoms with Gasteiger partial charge in [-0.3, -0.25) is 14.4 Å². The number of hydrazone groups is 2. The van der Waals surface area contributed by atoms with Crippen molar-refractivity contribution in [2.45, 2.75) is 13.8 Å². The molecule has 0 spiro atoms. The molecule has 0 N–H and O–H groups in total. The Bertz CT molecular complexity index is 1360. The molecule has 0 aliphatic carbocycles. The van der Waals surface area contributed by atoms with Gasteiger partial charge in [-0.25, -0.2) is 0 Å². The molecule has 0 aromatic heterocycles. The van der Waals surface area contributed by atoms with Crippen molar-refractivity contribution in [3.8, 4) is 0 Å². The lowest BCUT2D eigenvalue weighted by molar-refractivity contribution is -0.118. The van der Waals surface area contributed by atoms with Gasteiger partial charge in [-0.15, -0.1) is 0 Å². The highest BCUT2D eigenvalue weighted by atomic mass is 79.9. The molecule has 1 atom stereocenters. The van der Waals surface area contributed by atoms with Crippen molar-refractivity contribution in [3.63, 3.8) is 0 Å². The van der Waals surface area contributed by atoms with Gasteiger partial charge >= 0.3 is 0 Å². The molecule has 0 bridgehead atoms. The van der Waals surface area contributed by atoms with Gasteiger partial charge in [0.1, 0.15) is 5.92 Å². The smallest absolute Gasteiger partial charge is 0.271 e. The molecule has 0 radical (unpaired) electrons. The zero-order chi connectivity index (χ0) is 22.6. The van der Waals surface area contributed by atoms with Gasteiger partial charge in [-0.05, 0) is 49.6 Å². The van der Waals surface area contributed by atoms with Gasteiger partial charge in [0.15, 0.2) is 0 Å².